The first-order valence-electron chi connectivity index (χ1n) is 6.47. The van der Waals surface area contributed by atoms with E-state index in [4.69, 9.17) is 5.11 Å². The van der Waals surface area contributed by atoms with Crippen LogP contribution < -0.4 is 15.5 Å². The molecule has 1 aromatic carbocycles. The van der Waals surface area contributed by atoms with Gasteiger partial charge in [0, 0.05) is 25.7 Å². The molecule has 0 aliphatic carbocycles. The van der Waals surface area contributed by atoms with Crippen molar-refractivity contribution in [1.29, 1.82) is 0 Å². The molecule has 0 radical (unpaired) electrons. The van der Waals surface area contributed by atoms with Crippen LogP contribution in [0, 0.1) is 6.92 Å². The van der Waals surface area contributed by atoms with E-state index in [-0.39, 0.29) is 19.5 Å². The van der Waals surface area contributed by atoms with Gasteiger partial charge in [-0.05, 0) is 19.1 Å². The van der Waals surface area contributed by atoms with Gasteiger partial charge >= 0.3 is 12.0 Å². The predicted octanol–water partition coefficient (Wildman–Crippen LogP) is 0.732. The Bertz CT molecular complexity index is 513. The lowest BCUT2D eigenvalue weighted by molar-refractivity contribution is -0.135. The molecule has 0 saturated carbocycles. The van der Waals surface area contributed by atoms with E-state index in [0.29, 0.717) is 0 Å². The number of hydrogen-bond acceptors (Lipinski definition) is 4. The van der Waals surface area contributed by atoms with Gasteiger partial charge in [0.05, 0.1) is 0 Å². The molecule has 0 aromatic heterocycles. The average Bonchev–Trinajstić information content (AvgIpc) is 2.43. The lowest BCUT2D eigenvalue weighted by atomic mass is 10.2. The molecule has 0 aliphatic heterocycles. The molecule has 114 valence electrons. The smallest absolute Gasteiger partial charge is 0.323 e. The molecule has 0 heterocycles. The van der Waals surface area contributed by atoms with Crippen LogP contribution in [0.5, 0.6) is 0 Å². The number of aryl methyl sites for hydroxylation is 1. The fourth-order valence-electron chi connectivity index (χ4n) is 1.71. The van der Waals surface area contributed by atoms with Crippen LogP contribution in [0.1, 0.15) is 12.0 Å². The lowest BCUT2D eigenvalue weighted by Crippen LogP contribution is -2.40. The fraction of sp³-hybridized carbons (Fsp3) is 0.357. The second-order valence-electron chi connectivity index (χ2n) is 4.53. The normalized spacial score (nSPS) is 9.81. The Hall–Kier alpha value is -2.57. The minimum Gasteiger partial charge on any atom is -0.480 e. The summed E-state index contributed by atoms with van der Waals surface area (Å²) >= 11 is 0. The molecule has 0 atom stereocenters. The number of imide groups is 1. The van der Waals surface area contributed by atoms with E-state index in [1.165, 1.54) is 7.05 Å². The number of benzene rings is 1. The second kappa shape index (κ2) is 7.88. The van der Waals surface area contributed by atoms with Crippen molar-refractivity contribution in [2.24, 2.45) is 0 Å². The number of nitrogens with one attached hydrogen (secondary N) is 2. The maximum Gasteiger partial charge on any atom is 0.323 e. The summed E-state index contributed by atoms with van der Waals surface area (Å²) in [5, 5.41) is 13.4. The van der Waals surface area contributed by atoms with Crippen molar-refractivity contribution < 1.29 is 19.5 Å². The summed E-state index contributed by atoms with van der Waals surface area (Å²) < 4.78 is 0. The van der Waals surface area contributed by atoms with E-state index in [9.17, 15) is 14.4 Å². The fourth-order valence-corrected chi connectivity index (χ4v) is 1.71. The molecular formula is C14H19N3O4. The zero-order valence-corrected chi connectivity index (χ0v) is 12.0. The molecule has 0 unspecified atom stereocenters. The number of carboxylic acid groups (broad SMARTS) is 1. The molecule has 0 aliphatic rings. The van der Waals surface area contributed by atoms with Crippen molar-refractivity contribution in [1.82, 2.24) is 10.6 Å². The molecule has 0 saturated heterocycles. The Labute approximate surface area is 122 Å². The summed E-state index contributed by atoms with van der Waals surface area (Å²) in [6, 6.07) is 6.76. The van der Waals surface area contributed by atoms with Crippen molar-refractivity contribution in [2.75, 3.05) is 25.0 Å². The molecule has 0 spiro atoms. The number of anilines is 1. The van der Waals surface area contributed by atoms with Crippen LogP contribution in [0.4, 0.5) is 10.5 Å². The van der Waals surface area contributed by atoms with Crippen molar-refractivity contribution in [3.63, 3.8) is 0 Å². The number of hydrogen-bond donors (Lipinski definition) is 3. The standard InChI is InChI=1S/C14H19N3O4/c1-10-3-5-11(6-4-10)17(9-13(19)20)8-7-12(18)16-14(21)15-2/h3-6H,7-9H2,1-2H3,(H,19,20)(H2,15,16,18,21). The van der Waals surface area contributed by atoms with Gasteiger partial charge in [-0.3, -0.25) is 14.9 Å². The van der Waals surface area contributed by atoms with E-state index in [2.05, 4.69) is 10.6 Å². The summed E-state index contributed by atoms with van der Waals surface area (Å²) in [5.41, 5.74) is 1.78. The molecule has 3 N–H and O–H groups in total. The molecule has 0 fully saturated rings. The number of carbonyl (C=O) groups excluding carboxylic acids is 2. The third kappa shape index (κ3) is 5.94. The highest BCUT2D eigenvalue weighted by atomic mass is 16.4. The second-order valence-corrected chi connectivity index (χ2v) is 4.53. The quantitative estimate of drug-likeness (QED) is 0.718. The van der Waals surface area contributed by atoms with E-state index in [1.54, 1.807) is 17.0 Å². The minimum atomic E-state index is -0.984. The van der Waals surface area contributed by atoms with Gasteiger partial charge in [-0.15, -0.1) is 0 Å². The average molecular weight is 293 g/mol. The van der Waals surface area contributed by atoms with Gasteiger partial charge in [0.15, 0.2) is 0 Å². The van der Waals surface area contributed by atoms with Crippen LogP contribution in [0.3, 0.4) is 0 Å². The van der Waals surface area contributed by atoms with Crippen molar-refractivity contribution in [3.8, 4) is 0 Å². The summed E-state index contributed by atoms with van der Waals surface area (Å²) in [6.07, 6.45) is 0.0224. The van der Waals surface area contributed by atoms with E-state index in [1.807, 2.05) is 19.1 Å². The topological polar surface area (TPSA) is 98.7 Å². The number of carbonyl (C=O) groups is 3. The van der Waals surface area contributed by atoms with Gasteiger partial charge in [0.1, 0.15) is 6.54 Å². The monoisotopic (exact) mass is 293 g/mol. The van der Waals surface area contributed by atoms with Gasteiger partial charge < -0.3 is 15.3 Å². The zero-order chi connectivity index (χ0) is 15.8. The van der Waals surface area contributed by atoms with Gasteiger partial charge in [-0.1, -0.05) is 17.7 Å². The van der Waals surface area contributed by atoms with Crippen LogP contribution in [0.25, 0.3) is 0 Å². The van der Waals surface area contributed by atoms with Crippen molar-refractivity contribution in [2.45, 2.75) is 13.3 Å². The predicted molar refractivity (Wildman–Crippen MR) is 78.2 cm³/mol. The third-order valence-electron chi connectivity index (χ3n) is 2.81. The number of rotatable bonds is 6. The third-order valence-corrected chi connectivity index (χ3v) is 2.81. The molecule has 3 amide bonds. The molecular weight excluding hydrogens is 274 g/mol. The first-order valence-corrected chi connectivity index (χ1v) is 6.47. The Balaban J connectivity index is 2.66. The van der Waals surface area contributed by atoms with E-state index >= 15 is 0 Å². The van der Waals surface area contributed by atoms with Gasteiger partial charge in [0.2, 0.25) is 5.91 Å². The Morgan fingerprint density at radius 1 is 1.19 bits per heavy atom. The minimum absolute atomic E-state index is 0.0224. The van der Waals surface area contributed by atoms with Crippen LogP contribution in [0.2, 0.25) is 0 Å². The number of carboxylic acids is 1. The van der Waals surface area contributed by atoms with E-state index < -0.39 is 17.9 Å². The highest BCUT2D eigenvalue weighted by Crippen LogP contribution is 2.15. The molecule has 21 heavy (non-hydrogen) atoms. The molecule has 1 rings (SSSR count). The summed E-state index contributed by atoms with van der Waals surface area (Å²) in [6.45, 7) is 1.93. The van der Waals surface area contributed by atoms with E-state index in [0.717, 1.165) is 11.3 Å². The summed E-state index contributed by atoms with van der Waals surface area (Å²) in [5.74, 6) is -1.45. The van der Waals surface area contributed by atoms with Crippen molar-refractivity contribution in [3.05, 3.63) is 29.8 Å². The van der Waals surface area contributed by atoms with Crippen LogP contribution >= 0.6 is 0 Å². The van der Waals surface area contributed by atoms with Gasteiger partial charge in [-0.2, -0.15) is 0 Å². The number of urea groups is 1. The summed E-state index contributed by atoms with van der Waals surface area (Å²) in [4.78, 5) is 35.0. The number of amides is 3. The van der Waals surface area contributed by atoms with Crippen LogP contribution in [-0.4, -0.2) is 43.2 Å². The molecule has 0 bridgehead atoms. The largest absolute Gasteiger partial charge is 0.480 e. The summed E-state index contributed by atoms with van der Waals surface area (Å²) in [7, 11) is 1.41. The first-order chi connectivity index (χ1) is 9.92. The zero-order valence-electron chi connectivity index (χ0n) is 12.0. The lowest BCUT2D eigenvalue weighted by Gasteiger charge is -2.22. The Kier molecular flexibility index (Phi) is 6.19. The van der Waals surface area contributed by atoms with Crippen molar-refractivity contribution >= 4 is 23.6 Å². The highest BCUT2D eigenvalue weighted by Gasteiger charge is 2.13. The first kappa shape index (κ1) is 16.5. The van der Waals surface area contributed by atoms with Crippen LogP contribution in [-0.2, 0) is 9.59 Å². The molecule has 1 aromatic rings. The maximum absolute atomic E-state index is 11.5. The van der Waals surface area contributed by atoms with Gasteiger partial charge in [0.25, 0.3) is 0 Å². The maximum atomic E-state index is 11.5. The molecule has 7 nitrogen and oxygen atoms in total. The Morgan fingerprint density at radius 2 is 1.81 bits per heavy atom. The van der Waals surface area contributed by atoms with Gasteiger partial charge in [-0.25, -0.2) is 4.79 Å². The number of nitrogens with zero attached hydrogens (tertiary/aromatic N) is 1. The number of aliphatic carboxylic acids is 1. The SMILES string of the molecule is CNC(=O)NC(=O)CCN(CC(=O)O)c1ccc(C)cc1. The molecule has 7 heteroatoms. The van der Waals surface area contributed by atoms with Crippen LogP contribution in [0.15, 0.2) is 24.3 Å². The Morgan fingerprint density at radius 3 is 2.33 bits per heavy atom. The highest BCUT2D eigenvalue weighted by molar-refractivity contribution is 5.94.